The predicted octanol–water partition coefficient (Wildman–Crippen LogP) is 8.81. The van der Waals surface area contributed by atoms with Gasteiger partial charge in [0, 0.05) is 6.08 Å². The number of rotatable bonds is 8. The SMILES string of the molecule is COC(=O)/C=C/c1ccc(/C=C/c2ccc(O[Si](C)(C)C(C)(C)C)c(O[Si](C)(C)C(C)(C)C)c2)cc1. The molecule has 196 valence electrons. The third-order valence-corrected chi connectivity index (χ3v) is 16.0. The summed E-state index contributed by atoms with van der Waals surface area (Å²) >= 11 is 0. The zero-order valence-corrected chi connectivity index (χ0v) is 26.0. The van der Waals surface area contributed by atoms with E-state index in [4.69, 9.17) is 8.85 Å². The van der Waals surface area contributed by atoms with Gasteiger partial charge in [-0.2, -0.15) is 0 Å². The minimum absolute atomic E-state index is 0.0805. The van der Waals surface area contributed by atoms with Gasteiger partial charge in [0.2, 0.25) is 0 Å². The minimum Gasteiger partial charge on any atom is -0.541 e. The Morgan fingerprint density at radius 2 is 1.08 bits per heavy atom. The smallest absolute Gasteiger partial charge is 0.330 e. The van der Waals surface area contributed by atoms with Crippen LogP contribution < -0.4 is 8.85 Å². The van der Waals surface area contributed by atoms with Crippen molar-refractivity contribution in [2.75, 3.05) is 7.11 Å². The number of esters is 1. The first-order valence-electron chi connectivity index (χ1n) is 12.5. The molecule has 0 aromatic heterocycles. The molecule has 0 N–H and O–H groups in total. The minimum atomic E-state index is -2.06. The van der Waals surface area contributed by atoms with Crippen molar-refractivity contribution in [3.8, 4) is 11.5 Å². The highest BCUT2D eigenvalue weighted by Crippen LogP contribution is 2.43. The number of carbonyl (C=O) groups excluding carboxylic acids is 1. The molecule has 0 aliphatic rings. The molecule has 2 aromatic rings. The van der Waals surface area contributed by atoms with Gasteiger partial charge in [-0.1, -0.05) is 84.0 Å². The fourth-order valence-corrected chi connectivity index (χ4v) is 4.83. The van der Waals surface area contributed by atoms with Crippen LogP contribution >= 0.6 is 0 Å². The van der Waals surface area contributed by atoms with Crippen LogP contribution in [0.2, 0.25) is 36.3 Å². The van der Waals surface area contributed by atoms with E-state index < -0.39 is 16.6 Å². The highest BCUT2D eigenvalue weighted by molar-refractivity contribution is 6.75. The van der Waals surface area contributed by atoms with Crippen LogP contribution in [0, 0.1) is 0 Å². The number of carbonyl (C=O) groups is 1. The third-order valence-electron chi connectivity index (χ3n) is 7.33. The lowest BCUT2D eigenvalue weighted by Gasteiger charge is -2.39. The molecular formula is C30H44O4Si2. The molecule has 0 saturated carbocycles. The van der Waals surface area contributed by atoms with Crippen LogP contribution in [0.5, 0.6) is 11.5 Å². The van der Waals surface area contributed by atoms with Crippen LogP contribution in [0.4, 0.5) is 0 Å². The Morgan fingerprint density at radius 3 is 1.56 bits per heavy atom. The summed E-state index contributed by atoms with van der Waals surface area (Å²) < 4.78 is 18.1. The number of ether oxygens (including phenoxy) is 1. The van der Waals surface area contributed by atoms with Crippen molar-refractivity contribution in [1.29, 1.82) is 0 Å². The summed E-state index contributed by atoms with van der Waals surface area (Å²) in [5.74, 6) is 1.30. The van der Waals surface area contributed by atoms with Crippen LogP contribution in [-0.4, -0.2) is 29.7 Å². The number of hydrogen-bond donors (Lipinski definition) is 0. The fourth-order valence-electron chi connectivity index (χ4n) is 2.79. The average Bonchev–Trinajstić information content (AvgIpc) is 2.76. The molecular weight excluding hydrogens is 480 g/mol. The Labute approximate surface area is 220 Å². The van der Waals surface area contributed by atoms with Gasteiger partial charge >= 0.3 is 5.97 Å². The van der Waals surface area contributed by atoms with Crippen molar-refractivity contribution in [3.63, 3.8) is 0 Å². The maximum atomic E-state index is 11.3. The maximum Gasteiger partial charge on any atom is 0.330 e. The van der Waals surface area contributed by atoms with E-state index in [0.29, 0.717) is 0 Å². The molecule has 0 aliphatic heterocycles. The molecule has 0 fully saturated rings. The van der Waals surface area contributed by atoms with Gasteiger partial charge in [0.1, 0.15) is 11.5 Å². The molecule has 2 rings (SSSR count). The van der Waals surface area contributed by atoms with E-state index in [9.17, 15) is 4.79 Å². The molecule has 0 heterocycles. The first kappa shape index (κ1) is 29.7. The molecule has 0 aliphatic carbocycles. The second-order valence-corrected chi connectivity index (χ2v) is 21.7. The molecule has 0 saturated heterocycles. The van der Waals surface area contributed by atoms with Gasteiger partial charge in [-0.05, 0) is 71.2 Å². The summed E-state index contributed by atoms with van der Waals surface area (Å²) in [4.78, 5) is 11.3. The topological polar surface area (TPSA) is 44.8 Å². The van der Waals surface area contributed by atoms with Gasteiger partial charge in [-0.15, -0.1) is 0 Å². The van der Waals surface area contributed by atoms with Crippen molar-refractivity contribution >= 4 is 40.8 Å². The number of hydrogen-bond acceptors (Lipinski definition) is 4. The summed E-state index contributed by atoms with van der Waals surface area (Å²) in [6.07, 6.45) is 7.33. The highest BCUT2D eigenvalue weighted by atomic mass is 28.4. The molecule has 4 nitrogen and oxygen atoms in total. The molecule has 0 spiro atoms. The van der Waals surface area contributed by atoms with Crippen molar-refractivity contribution in [3.05, 3.63) is 65.2 Å². The van der Waals surface area contributed by atoms with E-state index in [1.54, 1.807) is 6.08 Å². The summed E-state index contributed by atoms with van der Waals surface area (Å²) in [6, 6.07) is 14.2. The zero-order valence-electron chi connectivity index (χ0n) is 24.0. The van der Waals surface area contributed by atoms with E-state index in [0.717, 1.165) is 28.2 Å². The van der Waals surface area contributed by atoms with Crippen LogP contribution in [0.1, 0.15) is 58.2 Å². The molecule has 0 amide bonds. The molecule has 0 unspecified atom stereocenters. The van der Waals surface area contributed by atoms with Gasteiger partial charge in [0.05, 0.1) is 7.11 Å². The Hall–Kier alpha value is -2.58. The van der Waals surface area contributed by atoms with Crippen molar-refractivity contribution < 1.29 is 18.4 Å². The Morgan fingerprint density at radius 1 is 0.667 bits per heavy atom. The zero-order chi connectivity index (χ0) is 27.4. The van der Waals surface area contributed by atoms with Gasteiger partial charge in [0.25, 0.3) is 16.6 Å². The van der Waals surface area contributed by atoms with Gasteiger partial charge < -0.3 is 13.6 Å². The summed E-state index contributed by atoms with van der Waals surface area (Å²) in [7, 11) is -2.72. The average molecular weight is 525 g/mol. The van der Waals surface area contributed by atoms with Crippen LogP contribution in [0.3, 0.4) is 0 Å². The summed E-state index contributed by atoms with van der Waals surface area (Å²) in [5, 5.41) is 0.176. The van der Waals surface area contributed by atoms with Gasteiger partial charge in [-0.3, -0.25) is 0 Å². The number of methoxy groups -OCH3 is 1. The lowest BCUT2D eigenvalue weighted by molar-refractivity contribution is -0.134. The molecule has 36 heavy (non-hydrogen) atoms. The van der Waals surface area contributed by atoms with E-state index in [1.165, 1.54) is 13.2 Å². The molecule has 2 aromatic carbocycles. The first-order valence-corrected chi connectivity index (χ1v) is 18.3. The lowest BCUT2D eigenvalue weighted by Crippen LogP contribution is -2.45. The Balaban J connectivity index is 2.36. The van der Waals surface area contributed by atoms with Crippen LogP contribution in [0.25, 0.3) is 18.2 Å². The summed E-state index contributed by atoms with van der Waals surface area (Å²) in [5.41, 5.74) is 3.06. The van der Waals surface area contributed by atoms with Crippen LogP contribution in [-0.2, 0) is 9.53 Å². The molecule has 0 atom stereocenters. The second kappa shape index (κ2) is 11.2. The molecule has 0 bridgehead atoms. The lowest BCUT2D eigenvalue weighted by atomic mass is 10.1. The van der Waals surface area contributed by atoms with Crippen LogP contribution in [0.15, 0.2) is 48.5 Å². The van der Waals surface area contributed by atoms with Crippen molar-refractivity contribution in [2.45, 2.75) is 77.8 Å². The second-order valence-electron chi connectivity index (χ2n) is 12.3. The van der Waals surface area contributed by atoms with E-state index in [-0.39, 0.29) is 16.0 Å². The van der Waals surface area contributed by atoms with E-state index >= 15 is 0 Å². The third kappa shape index (κ3) is 7.97. The fraction of sp³-hybridized carbons (Fsp3) is 0.433. The first-order chi connectivity index (χ1) is 16.4. The monoisotopic (exact) mass is 524 g/mol. The van der Waals surface area contributed by atoms with Crippen molar-refractivity contribution in [1.82, 2.24) is 0 Å². The Kier molecular flexibility index (Phi) is 9.24. The van der Waals surface area contributed by atoms with E-state index in [2.05, 4.69) is 103 Å². The molecule has 0 radical (unpaired) electrons. The normalized spacial score (nSPS) is 13.3. The number of benzene rings is 2. The molecule has 6 heteroatoms. The van der Waals surface area contributed by atoms with Gasteiger partial charge in [0.15, 0.2) is 0 Å². The predicted molar refractivity (Wildman–Crippen MR) is 159 cm³/mol. The Bertz CT molecular complexity index is 1100. The van der Waals surface area contributed by atoms with Crippen molar-refractivity contribution in [2.24, 2.45) is 0 Å². The largest absolute Gasteiger partial charge is 0.541 e. The standard InChI is InChI=1S/C30H44O4Si2/c1-29(2,3)35(8,9)33-26-20-18-25(22-27(26)34-36(10,11)30(4,5)6)17-16-23-12-14-24(15-13-23)19-21-28(31)32-7/h12-22H,1-11H3/b17-16+,21-19+. The summed E-state index contributed by atoms with van der Waals surface area (Å²) in [6.45, 7) is 22.6. The highest BCUT2D eigenvalue weighted by Gasteiger charge is 2.42. The quantitative estimate of drug-likeness (QED) is 0.150. The van der Waals surface area contributed by atoms with Gasteiger partial charge in [-0.25, -0.2) is 4.79 Å². The van der Waals surface area contributed by atoms with E-state index in [1.807, 2.05) is 24.3 Å². The maximum absolute atomic E-state index is 11.3.